The number of hydrogen-bond donors (Lipinski definition) is 1. The number of aromatic carboxylic acids is 1. The van der Waals surface area contributed by atoms with Crippen LogP contribution in [-0.2, 0) is 0 Å². The van der Waals surface area contributed by atoms with Crippen molar-refractivity contribution in [2.45, 2.75) is 20.0 Å². The smallest absolute Gasteiger partial charge is 0.343 e. The molecule has 0 aromatic heterocycles. The molecule has 0 aliphatic heterocycles. The van der Waals surface area contributed by atoms with E-state index in [2.05, 4.69) is 15.9 Å². The number of carbonyl (C=O) groups is 2. The maximum Gasteiger partial charge on any atom is 0.343 e. The molecule has 6 heteroatoms. The first-order valence-electron chi connectivity index (χ1n) is 6.88. The van der Waals surface area contributed by atoms with Crippen LogP contribution in [0.4, 0.5) is 0 Å². The molecule has 0 saturated carbocycles. The van der Waals surface area contributed by atoms with E-state index in [0.29, 0.717) is 15.8 Å². The van der Waals surface area contributed by atoms with E-state index >= 15 is 0 Å². The highest BCUT2D eigenvalue weighted by atomic mass is 79.9. The van der Waals surface area contributed by atoms with Gasteiger partial charge in [0.25, 0.3) is 0 Å². The quantitative estimate of drug-likeness (QED) is 0.624. The third-order valence-electron chi connectivity index (χ3n) is 2.82. The first-order valence-corrected chi connectivity index (χ1v) is 7.68. The van der Waals surface area contributed by atoms with Crippen LogP contribution in [-0.4, -0.2) is 23.1 Å². The predicted molar refractivity (Wildman–Crippen MR) is 88.3 cm³/mol. The lowest BCUT2D eigenvalue weighted by Crippen LogP contribution is -2.10. The van der Waals surface area contributed by atoms with Crippen LogP contribution in [0.3, 0.4) is 0 Å². The third kappa shape index (κ3) is 4.56. The molecule has 2 aromatic rings. The second-order valence-electron chi connectivity index (χ2n) is 5.03. The molecule has 0 atom stereocenters. The van der Waals surface area contributed by atoms with E-state index in [-0.39, 0.29) is 17.4 Å². The molecule has 5 nitrogen and oxygen atoms in total. The molecular formula is C17H15BrO5. The molecule has 0 aliphatic rings. The minimum Gasteiger partial charge on any atom is -0.491 e. The Labute approximate surface area is 142 Å². The van der Waals surface area contributed by atoms with Crippen LogP contribution >= 0.6 is 15.9 Å². The Morgan fingerprint density at radius 3 is 2.43 bits per heavy atom. The molecule has 0 unspecified atom stereocenters. The fourth-order valence-electron chi connectivity index (χ4n) is 1.84. The Morgan fingerprint density at radius 1 is 1.09 bits per heavy atom. The highest BCUT2D eigenvalue weighted by Crippen LogP contribution is 2.27. The number of benzene rings is 2. The van der Waals surface area contributed by atoms with E-state index in [1.54, 1.807) is 24.3 Å². The van der Waals surface area contributed by atoms with Gasteiger partial charge in [0.05, 0.1) is 21.7 Å². The van der Waals surface area contributed by atoms with Crippen LogP contribution in [0.25, 0.3) is 0 Å². The van der Waals surface area contributed by atoms with Gasteiger partial charge in [-0.05, 0) is 66.2 Å². The monoisotopic (exact) mass is 378 g/mol. The largest absolute Gasteiger partial charge is 0.491 e. The number of carbonyl (C=O) groups excluding carboxylic acids is 1. The van der Waals surface area contributed by atoms with Gasteiger partial charge >= 0.3 is 11.9 Å². The maximum atomic E-state index is 12.2. The summed E-state index contributed by atoms with van der Waals surface area (Å²) >= 11 is 3.20. The summed E-state index contributed by atoms with van der Waals surface area (Å²) in [6, 6.07) is 10.9. The molecule has 23 heavy (non-hydrogen) atoms. The van der Waals surface area contributed by atoms with E-state index < -0.39 is 11.9 Å². The van der Waals surface area contributed by atoms with E-state index in [1.807, 2.05) is 13.8 Å². The molecule has 2 aromatic carbocycles. The van der Waals surface area contributed by atoms with Gasteiger partial charge in [0, 0.05) is 0 Å². The third-order valence-corrected chi connectivity index (χ3v) is 3.44. The standard InChI is InChI=1S/C17H15BrO5/c1-10(2)22-13-5-3-4-12(8-13)17(21)23-15-7-6-11(16(19)20)9-14(15)18/h3-10H,1-2H3,(H,19,20). The van der Waals surface area contributed by atoms with Crippen LogP contribution in [0, 0.1) is 0 Å². The van der Waals surface area contributed by atoms with Crippen molar-refractivity contribution in [2.24, 2.45) is 0 Å². The van der Waals surface area contributed by atoms with E-state index in [0.717, 1.165) is 0 Å². The number of rotatable bonds is 5. The van der Waals surface area contributed by atoms with Crippen molar-refractivity contribution in [1.29, 1.82) is 0 Å². The normalized spacial score (nSPS) is 10.4. The molecule has 0 aliphatic carbocycles. The van der Waals surface area contributed by atoms with Gasteiger partial charge in [-0.1, -0.05) is 6.07 Å². The number of halogens is 1. The lowest BCUT2D eigenvalue weighted by molar-refractivity contribution is 0.0696. The zero-order valence-corrected chi connectivity index (χ0v) is 14.2. The van der Waals surface area contributed by atoms with Gasteiger partial charge in [-0.3, -0.25) is 0 Å². The topological polar surface area (TPSA) is 72.8 Å². The van der Waals surface area contributed by atoms with E-state index in [9.17, 15) is 9.59 Å². The Bertz CT molecular complexity index is 740. The lowest BCUT2D eigenvalue weighted by atomic mass is 10.2. The van der Waals surface area contributed by atoms with Crippen molar-refractivity contribution in [1.82, 2.24) is 0 Å². The molecule has 0 spiro atoms. The summed E-state index contributed by atoms with van der Waals surface area (Å²) in [6.45, 7) is 3.79. The number of ether oxygens (including phenoxy) is 2. The van der Waals surface area contributed by atoms with Crippen molar-refractivity contribution in [2.75, 3.05) is 0 Å². The lowest BCUT2D eigenvalue weighted by Gasteiger charge is -2.11. The van der Waals surface area contributed by atoms with Crippen LogP contribution in [0.15, 0.2) is 46.9 Å². The second-order valence-corrected chi connectivity index (χ2v) is 5.89. The average molecular weight is 379 g/mol. The van der Waals surface area contributed by atoms with Crippen LogP contribution in [0.5, 0.6) is 11.5 Å². The highest BCUT2D eigenvalue weighted by molar-refractivity contribution is 9.10. The molecule has 0 radical (unpaired) electrons. The molecule has 1 N–H and O–H groups in total. The second kappa shape index (κ2) is 7.28. The van der Waals surface area contributed by atoms with E-state index in [1.165, 1.54) is 18.2 Å². The molecular weight excluding hydrogens is 364 g/mol. The molecule has 0 fully saturated rings. The van der Waals surface area contributed by atoms with Crippen LogP contribution in [0.2, 0.25) is 0 Å². The zero-order chi connectivity index (χ0) is 17.0. The van der Waals surface area contributed by atoms with Gasteiger partial charge in [0.15, 0.2) is 0 Å². The van der Waals surface area contributed by atoms with Crippen LogP contribution in [0.1, 0.15) is 34.6 Å². The van der Waals surface area contributed by atoms with Gasteiger partial charge in [-0.2, -0.15) is 0 Å². The summed E-state index contributed by atoms with van der Waals surface area (Å²) in [5, 5.41) is 8.92. The van der Waals surface area contributed by atoms with Gasteiger partial charge in [0.2, 0.25) is 0 Å². The zero-order valence-electron chi connectivity index (χ0n) is 12.6. The van der Waals surface area contributed by atoms with Crippen LogP contribution < -0.4 is 9.47 Å². The number of carboxylic acids is 1. The fraction of sp³-hybridized carbons (Fsp3) is 0.176. The average Bonchev–Trinajstić information content (AvgIpc) is 2.48. The van der Waals surface area contributed by atoms with Crippen molar-refractivity contribution in [3.63, 3.8) is 0 Å². The van der Waals surface area contributed by atoms with Crippen molar-refractivity contribution in [3.8, 4) is 11.5 Å². The van der Waals surface area contributed by atoms with Crippen molar-refractivity contribution >= 4 is 27.9 Å². The highest BCUT2D eigenvalue weighted by Gasteiger charge is 2.14. The summed E-state index contributed by atoms with van der Waals surface area (Å²) in [5.41, 5.74) is 0.446. The molecule has 0 saturated heterocycles. The Hall–Kier alpha value is -2.34. The predicted octanol–water partition coefficient (Wildman–Crippen LogP) is 4.15. The minimum absolute atomic E-state index is 0.000946. The minimum atomic E-state index is -1.05. The van der Waals surface area contributed by atoms with Gasteiger partial charge < -0.3 is 14.6 Å². The van der Waals surface area contributed by atoms with Crippen molar-refractivity contribution < 1.29 is 24.2 Å². The molecule has 0 heterocycles. The van der Waals surface area contributed by atoms with Gasteiger partial charge in [0.1, 0.15) is 11.5 Å². The fourth-order valence-corrected chi connectivity index (χ4v) is 2.30. The Kier molecular flexibility index (Phi) is 5.39. The molecule has 2 rings (SSSR count). The van der Waals surface area contributed by atoms with Crippen molar-refractivity contribution in [3.05, 3.63) is 58.1 Å². The molecule has 0 bridgehead atoms. The van der Waals surface area contributed by atoms with E-state index in [4.69, 9.17) is 14.6 Å². The number of hydrogen-bond acceptors (Lipinski definition) is 4. The first kappa shape index (κ1) is 17.0. The SMILES string of the molecule is CC(C)Oc1cccc(C(=O)Oc2ccc(C(=O)O)cc2Br)c1. The molecule has 120 valence electrons. The summed E-state index contributed by atoms with van der Waals surface area (Å²) in [7, 11) is 0. The Morgan fingerprint density at radius 2 is 1.83 bits per heavy atom. The maximum absolute atomic E-state index is 12.2. The summed E-state index contributed by atoms with van der Waals surface area (Å²) < 4.78 is 11.2. The number of esters is 1. The van der Waals surface area contributed by atoms with Gasteiger partial charge in [-0.15, -0.1) is 0 Å². The van der Waals surface area contributed by atoms with Gasteiger partial charge in [-0.25, -0.2) is 9.59 Å². The first-order chi connectivity index (χ1) is 10.9. The molecule has 0 amide bonds. The summed E-state index contributed by atoms with van der Waals surface area (Å²) in [4.78, 5) is 23.1. The summed E-state index contributed by atoms with van der Waals surface area (Å²) in [6.07, 6.45) is -0.000946. The Balaban J connectivity index is 2.17. The number of carboxylic acid groups (broad SMARTS) is 1. The summed E-state index contributed by atoms with van der Waals surface area (Å²) in [5.74, 6) is -0.782.